The molecule has 2 aliphatic rings. The first-order chi connectivity index (χ1) is 12.1. The summed E-state index contributed by atoms with van der Waals surface area (Å²) >= 11 is 0. The summed E-state index contributed by atoms with van der Waals surface area (Å²) in [6.45, 7) is 15.7. The van der Waals surface area contributed by atoms with Crippen LogP contribution in [-0.4, -0.2) is 19.0 Å². The van der Waals surface area contributed by atoms with E-state index in [2.05, 4.69) is 64.3 Å². The minimum absolute atomic E-state index is 0.156. The zero-order valence-corrected chi connectivity index (χ0v) is 17.5. The summed E-state index contributed by atoms with van der Waals surface area (Å²) in [5.41, 5.74) is 6.44. The van der Waals surface area contributed by atoms with Crippen LogP contribution >= 0.6 is 0 Å². The number of piperidine rings is 1. The molecule has 2 atom stereocenters. The molecule has 1 amide bonds. The fraction of sp³-hybridized carbons (Fsp3) is 0.696. The van der Waals surface area contributed by atoms with Gasteiger partial charge in [-0.2, -0.15) is 0 Å². The van der Waals surface area contributed by atoms with Crippen molar-refractivity contribution in [1.82, 2.24) is 10.6 Å². The number of amides is 1. The largest absolute Gasteiger partial charge is 0.356 e. The molecule has 0 saturated carbocycles. The lowest BCUT2D eigenvalue weighted by atomic mass is 9.79. The van der Waals surface area contributed by atoms with Crippen LogP contribution in [0.15, 0.2) is 12.1 Å². The van der Waals surface area contributed by atoms with Gasteiger partial charge in [-0.25, -0.2) is 0 Å². The van der Waals surface area contributed by atoms with Crippen molar-refractivity contribution < 1.29 is 4.79 Å². The van der Waals surface area contributed by atoms with Crippen molar-refractivity contribution in [2.24, 2.45) is 5.92 Å². The van der Waals surface area contributed by atoms with Gasteiger partial charge >= 0.3 is 0 Å². The highest BCUT2D eigenvalue weighted by Gasteiger charge is 2.34. The second kappa shape index (κ2) is 6.99. The molecule has 1 saturated heterocycles. The van der Waals surface area contributed by atoms with Crippen LogP contribution < -0.4 is 10.6 Å². The molecule has 2 N–H and O–H groups in total. The molecular formula is C23H36N2O. The first kappa shape index (κ1) is 19.4. The third-order valence-corrected chi connectivity index (χ3v) is 6.41. The monoisotopic (exact) mass is 356 g/mol. The summed E-state index contributed by atoms with van der Waals surface area (Å²) in [6, 6.07) is 5.22. The number of fused-ring (bicyclic) bond motifs is 1. The molecule has 1 aliphatic heterocycles. The van der Waals surface area contributed by atoms with Crippen LogP contribution in [0.1, 0.15) is 89.1 Å². The topological polar surface area (TPSA) is 41.1 Å². The normalized spacial score (nSPS) is 23.5. The Balaban J connectivity index is 1.84. The molecule has 0 radical (unpaired) electrons. The van der Waals surface area contributed by atoms with Crippen LogP contribution in [0.2, 0.25) is 0 Å². The predicted octanol–water partition coefficient (Wildman–Crippen LogP) is 4.38. The van der Waals surface area contributed by atoms with Crippen LogP contribution in [0, 0.1) is 5.92 Å². The number of benzene rings is 1. The van der Waals surface area contributed by atoms with Crippen molar-refractivity contribution in [2.45, 2.75) is 84.1 Å². The molecular weight excluding hydrogens is 320 g/mol. The average Bonchev–Trinajstić information content (AvgIpc) is 2.86. The van der Waals surface area contributed by atoms with Gasteiger partial charge in [-0.1, -0.05) is 46.8 Å². The van der Waals surface area contributed by atoms with Gasteiger partial charge in [-0.3, -0.25) is 4.79 Å². The molecule has 1 aromatic rings. The molecule has 0 spiro atoms. The standard InChI is InChI=1S/C23H36N2O/c1-15(25-14-16-8-10-24-21(26)11-16)19-12-17(22(2,3)4)13-20-18(19)7-9-23(20,5)6/h12-13,15-16,25H,7-11,14H2,1-6H3,(H,24,26). The Morgan fingerprint density at radius 3 is 2.69 bits per heavy atom. The van der Waals surface area contributed by atoms with E-state index < -0.39 is 0 Å². The van der Waals surface area contributed by atoms with Crippen LogP contribution in [0.5, 0.6) is 0 Å². The molecule has 0 aromatic heterocycles. The van der Waals surface area contributed by atoms with Gasteiger partial charge in [0.15, 0.2) is 0 Å². The Hall–Kier alpha value is -1.35. The number of carbonyl (C=O) groups excluding carboxylic acids is 1. The third-order valence-electron chi connectivity index (χ3n) is 6.41. The maximum Gasteiger partial charge on any atom is 0.220 e. The lowest BCUT2D eigenvalue weighted by Gasteiger charge is -2.29. The van der Waals surface area contributed by atoms with Crippen molar-refractivity contribution in [3.63, 3.8) is 0 Å². The number of rotatable bonds is 4. The van der Waals surface area contributed by atoms with Crippen molar-refractivity contribution in [2.75, 3.05) is 13.1 Å². The van der Waals surface area contributed by atoms with Gasteiger partial charge < -0.3 is 10.6 Å². The molecule has 26 heavy (non-hydrogen) atoms. The van der Waals surface area contributed by atoms with Gasteiger partial charge in [0.2, 0.25) is 5.91 Å². The molecule has 144 valence electrons. The second-order valence-electron chi connectivity index (χ2n) is 10.1. The lowest BCUT2D eigenvalue weighted by Crippen LogP contribution is -2.38. The van der Waals surface area contributed by atoms with E-state index in [0.717, 1.165) is 19.5 Å². The third kappa shape index (κ3) is 3.98. The number of carbonyl (C=O) groups is 1. The zero-order valence-electron chi connectivity index (χ0n) is 17.5. The number of hydrogen-bond donors (Lipinski definition) is 2. The quantitative estimate of drug-likeness (QED) is 0.840. The summed E-state index contributed by atoms with van der Waals surface area (Å²) in [4.78, 5) is 11.6. The van der Waals surface area contributed by atoms with Crippen molar-refractivity contribution in [1.29, 1.82) is 0 Å². The van der Waals surface area contributed by atoms with Crippen molar-refractivity contribution in [3.05, 3.63) is 34.4 Å². The van der Waals surface area contributed by atoms with E-state index in [1.807, 2.05) is 0 Å². The van der Waals surface area contributed by atoms with Gasteiger partial charge in [0.25, 0.3) is 0 Å². The zero-order chi connectivity index (χ0) is 19.1. The Morgan fingerprint density at radius 1 is 1.31 bits per heavy atom. The minimum Gasteiger partial charge on any atom is -0.356 e. The highest BCUT2D eigenvalue weighted by atomic mass is 16.1. The van der Waals surface area contributed by atoms with E-state index in [-0.39, 0.29) is 16.7 Å². The molecule has 1 heterocycles. The Labute approximate surface area is 159 Å². The summed E-state index contributed by atoms with van der Waals surface area (Å²) in [7, 11) is 0. The summed E-state index contributed by atoms with van der Waals surface area (Å²) in [5, 5.41) is 6.68. The SMILES string of the molecule is CC(NCC1CCNC(=O)C1)c1cc(C(C)(C)C)cc2c1CCC2(C)C. The number of nitrogens with one attached hydrogen (secondary N) is 2. The first-order valence-electron chi connectivity index (χ1n) is 10.3. The highest BCUT2D eigenvalue weighted by molar-refractivity contribution is 5.76. The van der Waals surface area contributed by atoms with E-state index in [0.29, 0.717) is 18.4 Å². The van der Waals surface area contributed by atoms with E-state index in [9.17, 15) is 4.79 Å². The molecule has 1 fully saturated rings. The minimum atomic E-state index is 0.156. The van der Waals surface area contributed by atoms with Gasteiger partial charge in [0.05, 0.1) is 0 Å². The molecule has 0 bridgehead atoms. The summed E-state index contributed by atoms with van der Waals surface area (Å²) in [5.74, 6) is 0.662. The van der Waals surface area contributed by atoms with E-state index in [1.54, 1.807) is 11.1 Å². The van der Waals surface area contributed by atoms with E-state index >= 15 is 0 Å². The molecule has 3 rings (SSSR count). The fourth-order valence-electron chi connectivity index (χ4n) is 4.45. The number of hydrogen-bond acceptors (Lipinski definition) is 2. The van der Waals surface area contributed by atoms with E-state index in [4.69, 9.17) is 0 Å². The Bertz CT molecular complexity index is 684. The molecule has 1 aliphatic carbocycles. The van der Waals surface area contributed by atoms with Crippen LogP contribution in [0.25, 0.3) is 0 Å². The average molecular weight is 357 g/mol. The van der Waals surface area contributed by atoms with Gasteiger partial charge in [-0.15, -0.1) is 0 Å². The molecule has 3 heteroatoms. The van der Waals surface area contributed by atoms with Crippen LogP contribution in [-0.2, 0) is 22.0 Å². The first-order valence-corrected chi connectivity index (χ1v) is 10.3. The molecule has 2 unspecified atom stereocenters. The van der Waals surface area contributed by atoms with Gasteiger partial charge in [0.1, 0.15) is 0 Å². The van der Waals surface area contributed by atoms with Gasteiger partial charge in [0, 0.05) is 19.0 Å². The summed E-state index contributed by atoms with van der Waals surface area (Å²) in [6.07, 6.45) is 4.16. The Kier molecular flexibility index (Phi) is 5.22. The Morgan fingerprint density at radius 2 is 2.04 bits per heavy atom. The van der Waals surface area contributed by atoms with Crippen molar-refractivity contribution in [3.8, 4) is 0 Å². The maximum absolute atomic E-state index is 11.6. The molecule has 1 aromatic carbocycles. The predicted molar refractivity (Wildman–Crippen MR) is 109 cm³/mol. The van der Waals surface area contributed by atoms with Crippen LogP contribution in [0.4, 0.5) is 0 Å². The summed E-state index contributed by atoms with van der Waals surface area (Å²) < 4.78 is 0. The smallest absolute Gasteiger partial charge is 0.220 e. The molecule has 3 nitrogen and oxygen atoms in total. The van der Waals surface area contributed by atoms with Crippen molar-refractivity contribution >= 4 is 5.91 Å². The van der Waals surface area contributed by atoms with Crippen LogP contribution in [0.3, 0.4) is 0 Å². The lowest BCUT2D eigenvalue weighted by molar-refractivity contribution is -0.123. The second-order valence-corrected chi connectivity index (χ2v) is 10.1. The van der Waals surface area contributed by atoms with Gasteiger partial charge in [-0.05, 0) is 71.7 Å². The maximum atomic E-state index is 11.6. The fourth-order valence-corrected chi connectivity index (χ4v) is 4.45. The highest BCUT2D eigenvalue weighted by Crippen LogP contribution is 2.43. The van der Waals surface area contributed by atoms with E-state index in [1.165, 1.54) is 24.0 Å².